The summed E-state index contributed by atoms with van der Waals surface area (Å²) in [6, 6.07) is -0.505. The van der Waals surface area contributed by atoms with E-state index < -0.39 is 18.1 Å². The van der Waals surface area contributed by atoms with Crippen molar-refractivity contribution in [3.63, 3.8) is 0 Å². The second kappa shape index (κ2) is 9.03. The number of amides is 2. The summed E-state index contributed by atoms with van der Waals surface area (Å²) in [7, 11) is 0. The lowest BCUT2D eigenvalue weighted by molar-refractivity contribution is -0.125. The number of hydrogen-bond acceptors (Lipinski definition) is 5. The zero-order valence-corrected chi connectivity index (χ0v) is 16.3. The molecule has 1 heterocycles. The molecule has 3 atom stereocenters. The number of carbonyl (C=O) groups is 3. The topological polar surface area (TPSA) is 121 Å². The van der Waals surface area contributed by atoms with Gasteiger partial charge in [-0.3, -0.25) is 9.59 Å². The van der Waals surface area contributed by atoms with Crippen molar-refractivity contribution in [3.05, 3.63) is 22.5 Å². The normalized spacial score (nSPS) is 21.7. The van der Waals surface area contributed by atoms with Gasteiger partial charge >= 0.3 is 5.97 Å². The number of esters is 1. The second-order valence-corrected chi connectivity index (χ2v) is 6.95. The Balaban J connectivity index is 2.07. The quantitative estimate of drug-likeness (QED) is 0.531. The highest BCUT2D eigenvalue weighted by Gasteiger charge is 2.38. The van der Waals surface area contributed by atoms with Gasteiger partial charge in [0, 0.05) is 18.2 Å². The fourth-order valence-corrected chi connectivity index (χ4v) is 3.52. The Morgan fingerprint density at radius 3 is 2.56 bits per heavy atom. The summed E-state index contributed by atoms with van der Waals surface area (Å²) in [6.07, 6.45) is 0.765. The Kier molecular flexibility index (Phi) is 7.01. The fourth-order valence-electron chi connectivity index (χ4n) is 3.52. The first-order valence-corrected chi connectivity index (χ1v) is 9.42. The molecule has 2 rings (SSSR count). The third-order valence-electron chi connectivity index (χ3n) is 4.91. The number of aromatic nitrogens is 1. The molecule has 1 saturated carbocycles. The average molecular weight is 379 g/mol. The van der Waals surface area contributed by atoms with E-state index in [0.717, 1.165) is 6.42 Å². The molecule has 1 aliphatic carbocycles. The van der Waals surface area contributed by atoms with E-state index in [1.54, 1.807) is 20.8 Å². The van der Waals surface area contributed by atoms with Crippen molar-refractivity contribution >= 4 is 17.8 Å². The lowest BCUT2D eigenvalue weighted by Gasteiger charge is -2.16. The smallest absolute Gasteiger partial charge is 0.355 e. The van der Waals surface area contributed by atoms with E-state index in [9.17, 15) is 19.5 Å². The van der Waals surface area contributed by atoms with Crippen LogP contribution in [0.1, 0.15) is 65.2 Å². The Labute approximate surface area is 159 Å². The number of nitrogens with one attached hydrogen (secondary N) is 3. The Hall–Kier alpha value is -2.35. The number of aryl methyl sites for hydroxylation is 1. The maximum absolute atomic E-state index is 12.7. The number of H-pyrrole nitrogens is 1. The maximum atomic E-state index is 12.7. The Morgan fingerprint density at radius 2 is 1.93 bits per heavy atom. The van der Waals surface area contributed by atoms with E-state index in [4.69, 9.17) is 4.74 Å². The number of aliphatic hydroxyl groups excluding tert-OH is 1. The summed E-state index contributed by atoms with van der Waals surface area (Å²) in [4.78, 5) is 39.7. The summed E-state index contributed by atoms with van der Waals surface area (Å²) in [6.45, 7) is 7.91. The van der Waals surface area contributed by atoms with E-state index in [2.05, 4.69) is 15.6 Å². The van der Waals surface area contributed by atoms with Crippen LogP contribution in [0.4, 0.5) is 0 Å². The molecule has 1 aromatic heterocycles. The maximum Gasteiger partial charge on any atom is 0.355 e. The van der Waals surface area contributed by atoms with Crippen molar-refractivity contribution in [2.24, 2.45) is 5.92 Å². The van der Waals surface area contributed by atoms with Crippen molar-refractivity contribution in [1.82, 2.24) is 15.6 Å². The van der Waals surface area contributed by atoms with Crippen LogP contribution in [0.3, 0.4) is 0 Å². The number of aliphatic hydroxyl groups is 1. The lowest BCUT2D eigenvalue weighted by Crippen LogP contribution is -2.40. The Bertz CT molecular complexity index is 712. The van der Waals surface area contributed by atoms with Gasteiger partial charge < -0.3 is 25.5 Å². The van der Waals surface area contributed by atoms with Crippen molar-refractivity contribution in [1.29, 1.82) is 0 Å². The number of carbonyl (C=O) groups excluding carboxylic acids is 3. The van der Waals surface area contributed by atoms with Crippen molar-refractivity contribution in [3.8, 4) is 0 Å². The van der Waals surface area contributed by atoms with Crippen LogP contribution in [0.15, 0.2) is 0 Å². The lowest BCUT2D eigenvalue weighted by atomic mass is 10.1. The van der Waals surface area contributed by atoms with Crippen LogP contribution in [0, 0.1) is 19.8 Å². The third-order valence-corrected chi connectivity index (χ3v) is 4.91. The summed E-state index contributed by atoms with van der Waals surface area (Å²) in [5.74, 6) is -1.30. The molecule has 0 bridgehead atoms. The summed E-state index contributed by atoms with van der Waals surface area (Å²) in [5.41, 5.74) is 1.68. The molecule has 27 heavy (non-hydrogen) atoms. The van der Waals surface area contributed by atoms with Gasteiger partial charge in [0.1, 0.15) is 5.69 Å². The van der Waals surface area contributed by atoms with Gasteiger partial charge in [0.2, 0.25) is 5.91 Å². The zero-order chi connectivity index (χ0) is 20.1. The summed E-state index contributed by atoms with van der Waals surface area (Å²) in [5, 5.41) is 15.9. The summed E-state index contributed by atoms with van der Waals surface area (Å²) < 4.78 is 4.99. The number of hydrogen-bond donors (Lipinski definition) is 4. The molecule has 0 aliphatic heterocycles. The van der Waals surface area contributed by atoms with Crippen LogP contribution in [0.5, 0.6) is 0 Å². The predicted octanol–water partition coefficient (Wildman–Crippen LogP) is 1.20. The zero-order valence-electron chi connectivity index (χ0n) is 16.3. The average Bonchev–Trinajstić information content (AvgIpc) is 3.12. The Morgan fingerprint density at radius 1 is 1.22 bits per heavy atom. The third kappa shape index (κ3) is 4.68. The monoisotopic (exact) mass is 379 g/mol. The van der Waals surface area contributed by atoms with Crippen LogP contribution in [-0.4, -0.2) is 53.2 Å². The largest absolute Gasteiger partial charge is 0.461 e. The van der Waals surface area contributed by atoms with Gasteiger partial charge in [0.25, 0.3) is 5.91 Å². The van der Waals surface area contributed by atoms with Crippen LogP contribution < -0.4 is 10.6 Å². The van der Waals surface area contributed by atoms with Crippen LogP contribution >= 0.6 is 0 Å². The van der Waals surface area contributed by atoms with Gasteiger partial charge in [0.05, 0.1) is 24.3 Å². The molecule has 2 amide bonds. The molecule has 0 saturated heterocycles. The molecule has 8 heteroatoms. The predicted molar refractivity (Wildman–Crippen MR) is 99.5 cm³/mol. The van der Waals surface area contributed by atoms with Gasteiger partial charge in [-0.05, 0) is 45.6 Å². The van der Waals surface area contributed by atoms with E-state index in [0.29, 0.717) is 36.2 Å². The van der Waals surface area contributed by atoms with E-state index in [1.165, 1.54) is 0 Å². The minimum atomic E-state index is -0.782. The van der Waals surface area contributed by atoms with E-state index in [1.807, 2.05) is 6.92 Å². The first kappa shape index (κ1) is 21.0. The molecule has 1 fully saturated rings. The molecular weight excluding hydrogens is 350 g/mol. The number of aromatic amines is 1. The number of rotatable bonds is 7. The highest BCUT2D eigenvalue weighted by molar-refractivity contribution is 6.01. The molecule has 8 nitrogen and oxygen atoms in total. The van der Waals surface area contributed by atoms with Crippen LogP contribution in [0.25, 0.3) is 0 Å². The highest BCUT2D eigenvalue weighted by Crippen LogP contribution is 2.27. The van der Waals surface area contributed by atoms with Gasteiger partial charge in [0.15, 0.2) is 0 Å². The molecule has 0 radical (unpaired) electrons. The molecule has 0 aromatic carbocycles. The molecule has 0 unspecified atom stereocenters. The standard InChI is InChI=1S/C19H29N3O5/c1-5-7-20-17(24)12-8-13(14(23)9-12)22-18(25)15-10(3)16(21-11(15)4)19(26)27-6-2/h12-14,21,23H,5-9H2,1-4H3,(H,20,24)(H,22,25)/t12-,13-,14-/m0/s1. The highest BCUT2D eigenvalue weighted by atomic mass is 16.5. The van der Waals surface area contributed by atoms with Crippen LogP contribution in [0.2, 0.25) is 0 Å². The minimum absolute atomic E-state index is 0.0914. The fraction of sp³-hybridized carbons (Fsp3) is 0.632. The number of ether oxygens (including phenoxy) is 1. The first-order valence-electron chi connectivity index (χ1n) is 9.42. The van der Waals surface area contributed by atoms with Gasteiger partial charge in [-0.2, -0.15) is 0 Å². The molecule has 1 aromatic rings. The molecule has 150 valence electrons. The van der Waals surface area contributed by atoms with Crippen molar-refractivity contribution in [2.75, 3.05) is 13.2 Å². The first-order chi connectivity index (χ1) is 12.8. The molecule has 4 N–H and O–H groups in total. The van der Waals surface area contributed by atoms with Crippen molar-refractivity contribution < 1.29 is 24.2 Å². The molecule has 1 aliphatic rings. The van der Waals surface area contributed by atoms with E-state index >= 15 is 0 Å². The van der Waals surface area contributed by atoms with Crippen LogP contribution in [-0.2, 0) is 9.53 Å². The molecule has 0 spiro atoms. The van der Waals surface area contributed by atoms with E-state index in [-0.39, 0.29) is 30.0 Å². The minimum Gasteiger partial charge on any atom is -0.461 e. The molecular formula is C19H29N3O5. The van der Waals surface area contributed by atoms with Crippen molar-refractivity contribution in [2.45, 2.75) is 59.1 Å². The second-order valence-electron chi connectivity index (χ2n) is 6.95. The van der Waals surface area contributed by atoms with Gasteiger partial charge in [-0.15, -0.1) is 0 Å². The summed E-state index contributed by atoms with van der Waals surface area (Å²) >= 11 is 0. The van der Waals surface area contributed by atoms with Gasteiger partial charge in [-0.25, -0.2) is 4.79 Å². The SMILES string of the molecule is CCCNC(=O)[C@H]1C[C@H](NC(=O)c2c(C)[nH]c(C(=O)OCC)c2C)[C@@H](O)C1. The van der Waals surface area contributed by atoms with Gasteiger partial charge in [-0.1, -0.05) is 6.92 Å².